The first-order valence-electron chi connectivity index (χ1n) is 6.30. The van der Waals surface area contributed by atoms with E-state index in [4.69, 9.17) is 5.41 Å². The lowest BCUT2D eigenvalue weighted by atomic mass is 9.98. The average molecular weight is 264 g/mol. The fourth-order valence-corrected chi connectivity index (χ4v) is 1.92. The molecule has 0 spiro atoms. The molecule has 1 N–H and O–H groups in total. The summed E-state index contributed by atoms with van der Waals surface area (Å²) in [6, 6.07) is 16.5. The number of hydrogen-bond acceptors (Lipinski definition) is 3. The highest BCUT2D eigenvalue weighted by molar-refractivity contribution is 6.35. The second kappa shape index (κ2) is 6.00. The fourth-order valence-electron chi connectivity index (χ4n) is 1.92. The van der Waals surface area contributed by atoms with Gasteiger partial charge in [0.2, 0.25) is 5.78 Å². The second-order valence-electron chi connectivity index (χ2n) is 4.64. The molecule has 2 aromatic carbocycles. The Bertz CT molecular complexity index is 651. The standard InChI is InChI=1S/C17H16N2O/c1-19(2)15-10-8-14(9-11-15)17(20)16(12-18)13-6-4-3-5-7-13/h3-11,18H,1-2H3. The minimum Gasteiger partial charge on any atom is -0.378 e. The lowest BCUT2D eigenvalue weighted by Crippen LogP contribution is -2.09. The molecule has 0 atom stereocenters. The van der Waals surface area contributed by atoms with E-state index in [0.717, 1.165) is 5.69 Å². The lowest BCUT2D eigenvalue weighted by molar-refractivity contribution is 0.105. The van der Waals surface area contributed by atoms with Crippen LogP contribution >= 0.6 is 0 Å². The Balaban J connectivity index is 2.33. The van der Waals surface area contributed by atoms with Crippen LogP contribution in [0.15, 0.2) is 54.6 Å². The van der Waals surface area contributed by atoms with Gasteiger partial charge in [0.1, 0.15) is 0 Å². The molecule has 0 aliphatic carbocycles. The molecule has 0 aliphatic rings. The molecule has 0 unspecified atom stereocenters. The molecule has 20 heavy (non-hydrogen) atoms. The van der Waals surface area contributed by atoms with Crippen molar-refractivity contribution in [1.82, 2.24) is 0 Å². The van der Waals surface area contributed by atoms with Gasteiger partial charge in [-0.2, -0.15) is 0 Å². The molecule has 0 saturated carbocycles. The number of carbonyl (C=O) groups excluding carboxylic acids is 1. The molecule has 2 rings (SSSR count). The largest absolute Gasteiger partial charge is 0.378 e. The van der Waals surface area contributed by atoms with E-state index in [1.165, 1.54) is 0 Å². The first-order valence-corrected chi connectivity index (χ1v) is 6.30. The molecule has 0 aliphatic heterocycles. The summed E-state index contributed by atoms with van der Waals surface area (Å²) in [5, 5.41) is 7.37. The Morgan fingerprint density at radius 3 is 2.05 bits per heavy atom. The minimum atomic E-state index is -0.184. The molecule has 0 bridgehead atoms. The molecule has 2 aromatic rings. The van der Waals surface area contributed by atoms with E-state index in [1.807, 2.05) is 61.5 Å². The van der Waals surface area contributed by atoms with E-state index >= 15 is 0 Å². The number of ketones is 1. The van der Waals surface area contributed by atoms with Crippen LogP contribution in [0, 0.1) is 5.41 Å². The molecular formula is C17H16N2O. The van der Waals surface area contributed by atoms with Gasteiger partial charge >= 0.3 is 0 Å². The van der Waals surface area contributed by atoms with Crippen LogP contribution in [-0.4, -0.2) is 25.7 Å². The molecule has 0 fully saturated rings. The van der Waals surface area contributed by atoms with Crippen LogP contribution in [0.5, 0.6) is 0 Å². The van der Waals surface area contributed by atoms with Gasteiger partial charge < -0.3 is 4.90 Å². The molecule has 3 heteroatoms. The first kappa shape index (κ1) is 13.8. The van der Waals surface area contributed by atoms with Gasteiger partial charge in [0, 0.05) is 25.3 Å². The molecule has 0 amide bonds. The number of allylic oxidation sites excluding steroid dienone is 1. The number of benzene rings is 2. The zero-order valence-corrected chi connectivity index (χ0v) is 11.6. The summed E-state index contributed by atoms with van der Waals surface area (Å²) < 4.78 is 0. The van der Waals surface area contributed by atoms with Crippen molar-refractivity contribution in [2.75, 3.05) is 19.0 Å². The maximum absolute atomic E-state index is 12.4. The quantitative estimate of drug-likeness (QED) is 0.523. The summed E-state index contributed by atoms with van der Waals surface area (Å²) in [5.41, 5.74) is 2.59. The molecule has 100 valence electrons. The minimum absolute atomic E-state index is 0.184. The normalized spacial score (nSPS) is 9.70. The summed E-state index contributed by atoms with van der Waals surface area (Å²) in [6.45, 7) is 0. The van der Waals surface area contributed by atoms with Crippen LogP contribution < -0.4 is 4.90 Å². The van der Waals surface area contributed by atoms with Gasteiger partial charge in [0.15, 0.2) is 0 Å². The van der Waals surface area contributed by atoms with Crippen molar-refractivity contribution < 1.29 is 4.79 Å². The van der Waals surface area contributed by atoms with Gasteiger partial charge in [-0.05, 0) is 35.7 Å². The highest BCUT2D eigenvalue weighted by Crippen LogP contribution is 2.19. The predicted octanol–water partition coefficient (Wildman–Crippen LogP) is 3.27. The van der Waals surface area contributed by atoms with Crippen LogP contribution in [0.4, 0.5) is 5.69 Å². The number of nitrogens with one attached hydrogen (secondary N) is 1. The summed E-state index contributed by atoms with van der Waals surface area (Å²) in [7, 11) is 3.90. The lowest BCUT2D eigenvalue weighted by Gasteiger charge is -2.12. The molecule has 0 heterocycles. The van der Waals surface area contributed by atoms with Gasteiger partial charge in [-0.3, -0.25) is 10.2 Å². The summed E-state index contributed by atoms with van der Waals surface area (Å²) in [6.07, 6.45) is 0. The van der Waals surface area contributed by atoms with E-state index < -0.39 is 0 Å². The van der Waals surface area contributed by atoms with E-state index in [-0.39, 0.29) is 11.4 Å². The Morgan fingerprint density at radius 2 is 1.55 bits per heavy atom. The molecule has 0 aromatic heterocycles. The van der Waals surface area contributed by atoms with Crippen LogP contribution in [-0.2, 0) is 0 Å². The van der Waals surface area contributed by atoms with Gasteiger partial charge in [0.05, 0.1) is 5.57 Å². The Hall–Kier alpha value is -2.64. The number of rotatable bonds is 4. The summed E-state index contributed by atoms with van der Waals surface area (Å²) in [5.74, 6) is 2.08. The van der Waals surface area contributed by atoms with Crippen LogP contribution in [0.1, 0.15) is 15.9 Å². The van der Waals surface area contributed by atoms with E-state index in [9.17, 15) is 4.79 Å². The number of nitrogens with zero attached hydrogens (tertiary/aromatic N) is 1. The van der Waals surface area contributed by atoms with Gasteiger partial charge in [-0.15, -0.1) is 0 Å². The van der Waals surface area contributed by atoms with Gasteiger partial charge in [0.25, 0.3) is 0 Å². The second-order valence-corrected chi connectivity index (χ2v) is 4.64. The van der Waals surface area contributed by atoms with Crippen molar-refractivity contribution in [3.05, 3.63) is 65.7 Å². The van der Waals surface area contributed by atoms with Crippen molar-refractivity contribution in [3.63, 3.8) is 0 Å². The molecule has 0 saturated heterocycles. The topological polar surface area (TPSA) is 44.2 Å². The number of hydrogen-bond donors (Lipinski definition) is 1. The van der Waals surface area contributed by atoms with Crippen molar-refractivity contribution in [2.45, 2.75) is 0 Å². The third-order valence-corrected chi connectivity index (χ3v) is 3.06. The Kier molecular flexibility index (Phi) is 4.14. The highest BCUT2D eigenvalue weighted by Gasteiger charge is 2.14. The van der Waals surface area contributed by atoms with Crippen LogP contribution in [0.2, 0.25) is 0 Å². The average Bonchev–Trinajstić information content (AvgIpc) is 2.49. The SMILES string of the molecule is CN(C)c1ccc(C(=O)C(=C=N)c2ccccc2)cc1. The summed E-state index contributed by atoms with van der Waals surface area (Å²) >= 11 is 0. The molecule has 3 nitrogen and oxygen atoms in total. The number of anilines is 1. The highest BCUT2D eigenvalue weighted by atomic mass is 16.1. The zero-order valence-electron chi connectivity index (χ0n) is 11.6. The van der Waals surface area contributed by atoms with Crippen molar-refractivity contribution >= 4 is 22.9 Å². The smallest absolute Gasteiger partial charge is 0.202 e. The molecule has 0 radical (unpaired) electrons. The maximum Gasteiger partial charge on any atom is 0.202 e. The molecular weight excluding hydrogens is 248 g/mol. The van der Waals surface area contributed by atoms with Crippen molar-refractivity contribution in [2.24, 2.45) is 0 Å². The van der Waals surface area contributed by atoms with Crippen molar-refractivity contribution in [1.29, 1.82) is 5.41 Å². The number of Topliss-reactive ketones (excluding diaryl/α,β-unsaturated/α-hetero) is 1. The van der Waals surface area contributed by atoms with E-state index in [1.54, 1.807) is 12.1 Å². The third kappa shape index (κ3) is 2.85. The Morgan fingerprint density at radius 1 is 0.950 bits per heavy atom. The maximum atomic E-state index is 12.4. The fraction of sp³-hybridized carbons (Fsp3) is 0.118. The van der Waals surface area contributed by atoms with E-state index in [0.29, 0.717) is 11.1 Å². The first-order chi connectivity index (χ1) is 9.63. The summed E-state index contributed by atoms with van der Waals surface area (Å²) in [4.78, 5) is 14.4. The third-order valence-electron chi connectivity index (χ3n) is 3.06. The van der Waals surface area contributed by atoms with Crippen molar-refractivity contribution in [3.8, 4) is 0 Å². The predicted molar refractivity (Wildman–Crippen MR) is 82.7 cm³/mol. The zero-order chi connectivity index (χ0) is 14.5. The van der Waals surface area contributed by atoms with Crippen LogP contribution in [0.3, 0.4) is 0 Å². The number of carbonyl (C=O) groups is 1. The van der Waals surface area contributed by atoms with Gasteiger partial charge in [-0.25, -0.2) is 0 Å². The Labute approximate surface area is 118 Å². The van der Waals surface area contributed by atoms with Crippen LogP contribution in [0.25, 0.3) is 5.57 Å². The van der Waals surface area contributed by atoms with Gasteiger partial charge in [-0.1, -0.05) is 30.3 Å². The van der Waals surface area contributed by atoms with E-state index in [2.05, 4.69) is 5.87 Å². The monoisotopic (exact) mass is 264 g/mol.